The van der Waals surface area contributed by atoms with Gasteiger partial charge in [0.2, 0.25) is 5.91 Å². The smallest absolute Gasteiger partial charge is 0.325 e. The van der Waals surface area contributed by atoms with Crippen molar-refractivity contribution in [3.05, 3.63) is 78.0 Å². The van der Waals surface area contributed by atoms with Crippen molar-refractivity contribution >= 4 is 39.4 Å². The minimum atomic E-state index is -0.464. The summed E-state index contributed by atoms with van der Waals surface area (Å²) in [5.41, 5.74) is 1.89. The highest BCUT2D eigenvalue weighted by molar-refractivity contribution is 8.76. The molecule has 9 heteroatoms. The standard InChI is InChI=1S/C24H26N2O5S2/c1-17(13-25-20(27)15-31-19-11-7-4-8-12-19)22-23(29)26(14-21(28)30-2)24(22)33-32-16-18-9-5-3-6-10-18/h3-13,22,24H,14-16H2,1-2H3,(H,25,27). The van der Waals surface area contributed by atoms with Crippen molar-refractivity contribution in [3.8, 4) is 5.75 Å². The van der Waals surface area contributed by atoms with Crippen LogP contribution in [0.4, 0.5) is 0 Å². The van der Waals surface area contributed by atoms with E-state index in [1.54, 1.807) is 36.1 Å². The van der Waals surface area contributed by atoms with Crippen LogP contribution in [0.5, 0.6) is 5.75 Å². The summed E-state index contributed by atoms with van der Waals surface area (Å²) < 4.78 is 10.2. The molecule has 0 bridgehead atoms. The topological polar surface area (TPSA) is 84.9 Å². The second-order valence-electron chi connectivity index (χ2n) is 7.31. The van der Waals surface area contributed by atoms with Crippen LogP contribution in [-0.2, 0) is 24.9 Å². The SMILES string of the molecule is COC(=O)CN1C(=O)C(C(C)=CNC(=O)COc2ccccc2)C1SSCc1ccccc1. The van der Waals surface area contributed by atoms with Gasteiger partial charge in [0.15, 0.2) is 6.61 Å². The highest BCUT2D eigenvalue weighted by Crippen LogP contribution is 2.45. The third-order valence-corrected chi connectivity index (χ3v) is 7.63. The molecule has 7 nitrogen and oxygen atoms in total. The monoisotopic (exact) mass is 486 g/mol. The number of likely N-dealkylation sites (tertiary alicyclic amines) is 1. The molecule has 2 amide bonds. The number of nitrogens with one attached hydrogen (secondary N) is 1. The Balaban J connectivity index is 1.57. The number of hydrogen-bond acceptors (Lipinski definition) is 7. The molecular formula is C24H26N2O5S2. The van der Waals surface area contributed by atoms with E-state index in [1.807, 2.05) is 48.5 Å². The summed E-state index contributed by atoms with van der Waals surface area (Å²) in [7, 11) is 4.45. The fourth-order valence-corrected chi connectivity index (χ4v) is 6.10. The number of carbonyl (C=O) groups is 3. The van der Waals surface area contributed by atoms with Crippen molar-refractivity contribution in [2.75, 3.05) is 20.3 Å². The van der Waals surface area contributed by atoms with Gasteiger partial charge < -0.3 is 19.7 Å². The summed E-state index contributed by atoms with van der Waals surface area (Å²) in [6, 6.07) is 19.1. The minimum absolute atomic E-state index is 0.0973. The number of benzene rings is 2. The maximum Gasteiger partial charge on any atom is 0.325 e. The van der Waals surface area contributed by atoms with Crippen LogP contribution in [0.1, 0.15) is 12.5 Å². The molecule has 1 aliphatic rings. The van der Waals surface area contributed by atoms with Gasteiger partial charge in [-0.25, -0.2) is 0 Å². The Morgan fingerprint density at radius 1 is 1.09 bits per heavy atom. The van der Waals surface area contributed by atoms with Crippen LogP contribution >= 0.6 is 21.6 Å². The van der Waals surface area contributed by atoms with E-state index >= 15 is 0 Å². The number of carbonyl (C=O) groups excluding carboxylic acids is 3. The molecule has 2 aromatic carbocycles. The molecule has 0 aromatic heterocycles. The lowest BCUT2D eigenvalue weighted by Gasteiger charge is -2.46. The first-order valence-electron chi connectivity index (χ1n) is 10.3. The van der Waals surface area contributed by atoms with Crippen LogP contribution in [0.25, 0.3) is 0 Å². The van der Waals surface area contributed by atoms with E-state index in [-0.39, 0.29) is 30.3 Å². The van der Waals surface area contributed by atoms with Crippen LogP contribution < -0.4 is 10.1 Å². The molecule has 3 rings (SSSR count). The van der Waals surface area contributed by atoms with Crippen LogP contribution in [0.15, 0.2) is 72.4 Å². The zero-order chi connectivity index (χ0) is 23.6. The molecule has 1 N–H and O–H groups in total. The van der Waals surface area contributed by atoms with Crippen molar-refractivity contribution < 1.29 is 23.9 Å². The first-order chi connectivity index (χ1) is 16.0. The fourth-order valence-electron chi connectivity index (χ4n) is 3.16. The van der Waals surface area contributed by atoms with Gasteiger partial charge in [-0.15, -0.1) is 0 Å². The lowest BCUT2D eigenvalue weighted by Crippen LogP contribution is -2.60. The molecule has 2 atom stereocenters. The quantitative estimate of drug-likeness (QED) is 0.295. The Kier molecular flexibility index (Phi) is 9.26. The first kappa shape index (κ1) is 24.7. The zero-order valence-corrected chi connectivity index (χ0v) is 20.1. The normalized spacial score (nSPS) is 17.8. The Morgan fingerprint density at radius 3 is 2.42 bits per heavy atom. The van der Waals surface area contributed by atoms with E-state index in [2.05, 4.69) is 5.32 Å². The predicted molar refractivity (Wildman–Crippen MR) is 130 cm³/mol. The fraction of sp³-hybridized carbons (Fsp3) is 0.292. The summed E-state index contributed by atoms with van der Waals surface area (Å²) in [5, 5.41) is 2.45. The molecule has 33 heavy (non-hydrogen) atoms. The number of ether oxygens (including phenoxy) is 2. The predicted octanol–water partition coefficient (Wildman–Crippen LogP) is 3.62. The molecule has 174 valence electrons. The highest BCUT2D eigenvalue weighted by Gasteiger charge is 2.49. The number of methoxy groups -OCH3 is 1. The lowest BCUT2D eigenvalue weighted by molar-refractivity contribution is -0.157. The van der Waals surface area contributed by atoms with E-state index in [0.29, 0.717) is 11.3 Å². The highest BCUT2D eigenvalue weighted by atomic mass is 33.1. The van der Waals surface area contributed by atoms with E-state index < -0.39 is 11.9 Å². The number of amides is 2. The van der Waals surface area contributed by atoms with Crippen molar-refractivity contribution in [3.63, 3.8) is 0 Å². The van der Waals surface area contributed by atoms with Gasteiger partial charge in [-0.3, -0.25) is 14.4 Å². The van der Waals surface area contributed by atoms with Gasteiger partial charge in [0.05, 0.1) is 13.0 Å². The van der Waals surface area contributed by atoms with Gasteiger partial charge in [0.1, 0.15) is 17.7 Å². The number of hydrogen-bond donors (Lipinski definition) is 1. The van der Waals surface area contributed by atoms with Crippen LogP contribution in [0.2, 0.25) is 0 Å². The van der Waals surface area contributed by atoms with E-state index in [9.17, 15) is 14.4 Å². The van der Waals surface area contributed by atoms with Crippen LogP contribution in [0, 0.1) is 5.92 Å². The number of para-hydroxylation sites is 1. The third-order valence-electron chi connectivity index (χ3n) is 4.97. The molecule has 0 saturated carbocycles. The Bertz CT molecular complexity index is 985. The summed E-state index contributed by atoms with van der Waals surface area (Å²) >= 11 is 0. The van der Waals surface area contributed by atoms with Gasteiger partial charge in [-0.2, -0.15) is 0 Å². The lowest BCUT2D eigenvalue weighted by atomic mass is 9.91. The van der Waals surface area contributed by atoms with Gasteiger partial charge in [-0.1, -0.05) is 70.1 Å². The Labute approximate surface area is 201 Å². The number of β-lactam (4-membered cyclic amide) rings is 1. The summed E-state index contributed by atoms with van der Waals surface area (Å²) in [6.07, 6.45) is 1.55. The van der Waals surface area contributed by atoms with Crippen molar-refractivity contribution in [2.45, 2.75) is 18.1 Å². The third kappa shape index (κ3) is 7.03. The van der Waals surface area contributed by atoms with Crippen LogP contribution in [-0.4, -0.2) is 48.3 Å². The largest absolute Gasteiger partial charge is 0.484 e. The molecule has 1 saturated heterocycles. The number of nitrogens with zero attached hydrogens (tertiary/aromatic N) is 1. The van der Waals surface area contributed by atoms with Gasteiger partial charge >= 0.3 is 5.97 Å². The maximum absolute atomic E-state index is 12.8. The van der Waals surface area contributed by atoms with Crippen molar-refractivity contribution in [1.29, 1.82) is 0 Å². The zero-order valence-electron chi connectivity index (χ0n) is 18.4. The average molecular weight is 487 g/mol. The second kappa shape index (κ2) is 12.4. The molecular weight excluding hydrogens is 460 g/mol. The van der Waals surface area contributed by atoms with Gasteiger partial charge in [0.25, 0.3) is 5.91 Å². The molecule has 2 unspecified atom stereocenters. The van der Waals surface area contributed by atoms with Crippen molar-refractivity contribution in [1.82, 2.24) is 10.2 Å². The molecule has 1 aliphatic heterocycles. The molecule has 0 spiro atoms. The van der Waals surface area contributed by atoms with E-state index in [0.717, 1.165) is 5.75 Å². The van der Waals surface area contributed by atoms with Crippen molar-refractivity contribution in [2.24, 2.45) is 5.92 Å². The minimum Gasteiger partial charge on any atom is -0.484 e. The maximum atomic E-state index is 12.8. The van der Waals surface area contributed by atoms with Gasteiger partial charge in [-0.05, 0) is 30.2 Å². The molecule has 0 radical (unpaired) electrons. The molecule has 1 heterocycles. The number of rotatable bonds is 11. The second-order valence-corrected chi connectivity index (χ2v) is 9.80. The van der Waals surface area contributed by atoms with Gasteiger partial charge in [0, 0.05) is 12.0 Å². The Hall–Kier alpha value is -2.91. The first-order valence-corrected chi connectivity index (χ1v) is 12.7. The number of esters is 1. The molecule has 1 fully saturated rings. The average Bonchev–Trinajstić information content (AvgIpc) is 2.85. The Morgan fingerprint density at radius 2 is 1.76 bits per heavy atom. The molecule has 0 aliphatic carbocycles. The summed E-state index contributed by atoms with van der Waals surface area (Å²) in [6.45, 7) is 1.57. The molecule has 2 aromatic rings. The van der Waals surface area contributed by atoms with E-state index in [1.165, 1.54) is 28.4 Å². The summed E-state index contributed by atoms with van der Waals surface area (Å²) in [4.78, 5) is 38.2. The van der Waals surface area contributed by atoms with E-state index in [4.69, 9.17) is 9.47 Å². The van der Waals surface area contributed by atoms with Crippen LogP contribution in [0.3, 0.4) is 0 Å². The summed E-state index contributed by atoms with van der Waals surface area (Å²) in [5.74, 6) is -0.00826.